The second-order valence-corrected chi connectivity index (χ2v) is 4.04. The Labute approximate surface area is 113 Å². The van der Waals surface area contributed by atoms with Crippen LogP contribution in [-0.2, 0) is 11.2 Å². The van der Waals surface area contributed by atoms with Crippen molar-refractivity contribution in [2.24, 2.45) is 0 Å². The fraction of sp³-hybridized carbons (Fsp3) is 0.286. The Morgan fingerprint density at radius 1 is 1.21 bits per heavy atom. The number of rotatable bonds is 6. The summed E-state index contributed by atoms with van der Waals surface area (Å²) < 4.78 is 5.12. The Bertz CT molecular complexity index is 530. The SMILES string of the molecule is CNc1nccc(Nc2ccccc2CCOC)n1. The van der Waals surface area contributed by atoms with E-state index in [1.165, 1.54) is 5.56 Å². The molecule has 5 heteroatoms. The number of aromatic nitrogens is 2. The predicted molar refractivity (Wildman–Crippen MR) is 76.9 cm³/mol. The monoisotopic (exact) mass is 258 g/mol. The average Bonchev–Trinajstić information content (AvgIpc) is 2.46. The van der Waals surface area contributed by atoms with E-state index in [1.807, 2.05) is 24.3 Å². The predicted octanol–water partition coefficient (Wildman–Crippen LogP) is 2.45. The van der Waals surface area contributed by atoms with Gasteiger partial charge in [-0.2, -0.15) is 4.98 Å². The smallest absolute Gasteiger partial charge is 0.224 e. The zero-order chi connectivity index (χ0) is 13.5. The van der Waals surface area contributed by atoms with Crippen molar-refractivity contribution in [3.63, 3.8) is 0 Å². The highest BCUT2D eigenvalue weighted by molar-refractivity contribution is 5.61. The molecular formula is C14H18N4O. The first-order valence-corrected chi connectivity index (χ1v) is 6.18. The Morgan fingerprint density at radius 3 is 2.84 bits per heavy atom. The summed E-state index contributed by atoms with van der Waals surface area (Å²) in [6.45, 7) is 0.699. The Balaban J connectivity index is 2.17. The van der Waals surface area contributed by atoms with E-state index >= 15 is 0 Å². The van der Waals surface area contributed by atoms with Crippen molar-refractivity contribution >= 4 is 17.5 Å². The molecule has 1 aromatic heterocycles. The van der Waals surface area contributed by atoms with Gasteiger partial charge in [-0.3, -0.25) is 0 Å². The molecule has 2 aromatic rings. The molecule has 19 heavy (non-hydrogen) atoms. The van der Waals surface area contributed by atoms with Crippen LogP contribution in [0.15, 0.2) is 36.5 Å². The van der Waals surface area contributed by atoms with Crippen molar-refractivity contribution < 1.29 is 4.74 Å². The zero-order valence-electron chi connectivity index (χ0n) is 11.2. The van der Waals surface area contributed by atoms with E-state index in [9.17, 15) is 0 Å². The van der Waals surface area contributed by atoms with Gasteiger partial charge in [0, 0.05) is 26.0 Å². The van der Waals surface area contributed by atoms with E-state index in [4.69, 9.17) is 4.74 Å². The first-order chi connectivity index (χ1) is 9.33. The van der Waals surface area contributed by atoms with Gasteiger partial charge >= 0.3 is 0 Å². The molecule has 1 heterocycles. The number of hydrogen-bond donors (Lipinski definition) is 2. The Kier molecular flexibility index (Phi) is 4.69. The molecule has 0 aliphatic heterocycles. The molecule has 5 nitrogen and oxygen atoms in total. The van der Waals surface area contributed by atoms with Crippen LogP contribution in [0.2, 0.25) is 0 Å². The topological polar surface area (TPSA) is 59.1 Å². The lowest BCUT2D eigenvalue weighted by atomic mass is 10.1. The summed E-state index contributed by atoms with van der Waals surface area (Å²) >= 11 is 0. The van der Waals surface area contributed by atoms with Gasteiger partial charge in [0.25, 0.3) is 0 Å². The van der Waals surface area contributed by atoms with Crippen LogP contribution in [0.3, 0.4) is 0 Å². The molecule has 0 bridgehead atoms. The third-order valence-corrected chi connectivity index (χ3v) is 2.73. The number of ether oxygens (including phenoxy) is 1. The van der Waals surface area contributed by atoms with E-state index in [1.54, 1.807) is 20.4 Å². The quantitative estimate of drug-likeness (QED) is 0.833. The number of nitrogens with one attached hydrogen (secondary N) is 2. The summed E-state index contributed by atoms with van der Waals surface area (Å²) in [7, 11) is 3.51. The van der Waals surface area contributed by atoms with Gasteiger partial charge in [0.05, 0.1) is 6.61 Å². The highest BCUT2D eigenvalue weighted by atomic mass is 16.5. The van der Waals surface area contributed by atoms with Crippen molar-refractivity contribution in [1.82, 2.24) is 9.97 Å². The fourth-order valence-electron chi connectivity index (χ4n) is 1.76. The molecule has 0 radical (unpaired) electrons. The van der Waals surface area contributed by atoms with E-state index < -0.39 is 0 Å². The number of anilines is 3. The van der Waals surface area contributed by atoms with E-state index in [0.717, 1.165) is 17.9 Å². The van der Waals surface area contributed by atoms with Gasteiger partial charge in [-0.05, 0) is 24.1 Å². The van der Waals surface area contributed by atoms with Gasteiger partial charge in [-0.15, -0.1) is 0 Å². The van der Waals surface area contributed by atoms with Crippen LogP contribution in [-0.4, -0.2) is 30.7 Å². The number of methoxy groups -OCH3 is 1. The fourth-order valence-corrected chi connectivity index (χ4v) is 1.76. The average molecular weight is 258 g/mol. The van der Waals surface area contributed by atoms with Crippen molar-refractivity contribution in [2.75, 3.05) is 31.4 Å². The minimum Gasteiger partial charge on any atom is -0.384 e. The van der Waals surface area contributed by atoms with Crippen LogP contribution in [0.5, 0.6) is 0 Å². The van der Waals surface area contributed by atoms with Crippen molar-refractivity contribution in [3.05, 3.63) is 42.1 Å². The first-order valence-electron chi connectivity index (χ1n) is 6.18. The van der Waals surface area contributed by atoms with Gasteiger partial charge in [0.15, 0.2) is 0 Å². The highest BCUT2D eigenvalue weighted by Crippen LogP contribution is 2.20. The first kappa shape index (κ1) is 13.3. The molecule has 0 spiro atoms. The Morgan fingerprint density at radius 2 is 2.05 bits per heavy atom. The summed E-state index contributed by atoms with van der Waals surface area (Å²) in [6.07, 6.45) is 2.59. The van der Waals surface area contributed by atoms with E-state index in [-0.39, 0.29) is 0 Å². The standard InChI is InChI=1S/C14H18N4O/c1-15-14-16-9-7-13(18-14)17-12-6-4-3-5-11(12)8-10-19-2/h3-7,9H,8,10H2,1-2H3,(H2,15,16,17,18). The van der Waals surface area contributed by atoms with Gasteiger partial charge < -0.3 is 15.4 Å². The molecule has 0 atom stereocenters. The molecule has 0 saturated carbocycles. The molecular weight excluding hydrogens is 240 g/mol. The summed E-state index contributed by atoms with van der Waals surface area (Å²) in [6, 6.07) is 9.98. The van der Waals surface area contributed by atoms with Gasteiger partial charge in [0.1, 0.15) is 5.82 Å². The van der Waals surface area contributed by atoms with Crippen LogP contribution >= 0.6 is 0 Å². The third kappa shape index (κ3) is 3.66. The molecule has 100 valence electrons. The number of hydrogen-bond acceptors (Lipinski definition) is 5. The zero-order valence-corrected chi connectivity index (χ0v) is 11.2. The second kappa shape index (κ2) is 6.70. The maximum Gasteiger partial charge on any atom is 0.224 e. The van der Waals surface area contributed by atoms with Gasteiger partial charge in [-0.25, -0.2) is 4.98 Å². The molecule has 0 unspecified atom stereocenters. The van der Waals surface area contributed by atoms with Crippen molar-refractivity contribution in [2.45, 2.75) is 6.42 Å². The van der Waals surface area contributed by atoms with Crippen LogP contribution in [0, 0.1) is 0 Å². The summed E-state index contributed by atoms with van der Waals surface area (Å²) in [5.74, 6) is 1.36. The molecule has 0 aliphatic rings. The van der Waals surface area contributed by atoms with Crippen LogP contribution < -0.4 is 10.6 Å². The molecule has 0 saturated heterocycles. The van der Waals surface area contributed by atoms with Crippen molar-refractivity contribution in [3.8, 4) is 0 Å². The van der Waals surface area contributed by atoms with E-state index in [0.29, 0.717) is 12.6 Å². The molecule has 0 amide bonds. The molecule has 0 fully saturated rings. The van der Waals surface area contributed by atoms with E-state index in [2.05, 4.69) is 26.7 Å². The molecule has 1 aromatic carbocycles. The normalized spacial score (nSPS) is 10.2. The minimum absolute atomic E-state index is 0.597. The number of benzene rings is 1. The minimum atomic E-state index is 0.597. The van der Waals surface area contributed by atoms with Crippen molar-refractivity contribution in [1.29, 1.82) is 0 Å². The Hall–Kier alpha value is -2.14. The number of nitrogens with zero attached hydrogens (tertiary/aromatic N) is 2. The maximum absolute atomic E-state index is 5.12. The van der Waals surface area contributed by atoms with Gasteiger partial charge in [-0.1, -0.05) is 18.2 Å². The molecule has 2 rings (SSSR count). The summed E-state index contributed by atoms with van der Waals surface area (Å²) in [5.41, 5.74) is 2.24. The lowest BCUT2D eigenvalue weighted by molar-refractivity contribution is 0.202. The largest absolute Gasteiger partial charge is 0.384 e. The van der Waals surface area contributed by atoms with Gasteiger partial charge in [0.2, 0.25) is 5.95 Å². The second-order valence-electron chi connectivity index (χ2n) is 4.04. The van der Waals surface area contributed by atoms with Crippen LogP contribution in [0.25, 0.3) is 0 Å². The molecule has 0 aliphatic carbocycles. The maximum atomic E-state index is 5.12. The number of para-hydroxylation sites is 1. The molecule has 2 N–H and O–H groups in total. The third-order valence-electron chi connectivity index (χ3n) is 2.73. The lowest BCUT2D eigenvalue weighted by Crippen LogP contribution is -2.03. The lowest BCUT2D eigenvalue weighted by Gasteiger charge is -2.11. The highest BCUT2D eigenvalue weighted by Gasteiger charge is 2.03. The van der Waals surface area contributed by atoms with Crippen LogP contribution in [0.4, 0.5) is 17.5 Å². The van der Waals surface area contributed by atoms with Crippen LogP contribution in [0.1, 0.15) is 5.56 Å². The summed E-state index contributed by atoms with van der Waals surface area (Å²) in [4.78, 5) is 8.43. The summed E-state index contributed by atoms with van der Waals surface area (Å²) in [5, 5.41) is 6.23.